The van der Waals surface area contributed by atoms with E-state index in [1.54, 1.807) is 0 Å². The lowest BCUT2D eigenvalue weighted by Crippen LogP contribution is -2.58. The molecule has 0 amide bonds. The van der Waals surface area contributed by atoms with Gasteiger partial charge in [-0.3, -0.25) is 4.90 Å². The zero-order chi connectivity index (χ0) is 13.0. The number of hydrogen-bond donors (Lipinski definition) is 1. The van der Waals surface area contributed by atoms with E-state index < -0.39 is 0 Å². The summed E-state index contributed by atoms with van der Waals surface area (Å²) in [6.45, 7) is 8.29. The van der Waals surface area contributed by atoms with Gasteiger partial charge in [0.15, 0.2) is 0 Å². The molecule has 0 radical (unpaired) electrons. The molecule has 2 rings (SSSR count). The molecular formula is C15H21N3. The van der Waals surface area contributed by atoms with Crippen molar-refractivity contribution in [1.29, 1.82) is 5.26 Å². The maximum absolute atomic E-state index is 9.39. The minimum Gasteiger partial charge on any atom is -0.314 e. The Labute approximate surface area is 109 Å². The van der Waals surface area contributed by atoms with Crippen LogP contribution in [0.25, 0.3) is 0 Å². The summed E-state index contributed by atoms with van der Waals surface area (Å²) in [6, 6.07) is 12.5. The fraction of sp³-hybridized carbons (Fsp3) is 0.533. The van der Waals surface area contributed by atoms with Crippen molar-refractivity contribution < 1.29 is 0 Å². The molecule has 1 unspecified atom stereocenters. The lowest BCUT2D eigenvalue weighted by atomic mass is 9.94. The van der Waals surface area contributed by atoms with Gasteiger partial charge in [0, 0.05) is 31.7 Å². The van der Waals surface area contributed by atoms with E-state index in [-0.39, 0.29) is 11.5 Å². The van der Waals surface area contributed by atoms with Crippen LogP contribution in [0.4, 0.5) is 0 Å². The van der Waals surface area contributed by atoms with Crippen LogP contribution < -0.4 is 5.32 Å². The van der Waals surface area contributed by atoms with E-state index in [1.165, 1.54) is 0 Å². The van der Waals surface area contributed by atoms with Gasteiger partial charge in [0.1, 0.15) is 0 Å². The molecule has 1 aliphatic heterocycles. The lowest BCUT2D eigenvalue weighted by molar-refractivity contribution is 0.0885. The average Bonchev–Trinajstić information content (AvgIpc) is 2.38. The van der Waals surface area contributed by atoms with Crippen LogP contribution in [0.5, 0.6) is 0 Å². The second kappa shape index (κ2) is 5.51. The summed E-state index contributed by atoms with van der Waals surface area (Å²) >= 11 is 0. The molecule has 1 saturated heterocycles. The molecule has 0 saturated carbocycles. The van der Waals surface area contributed by atoms with Gasteiger partial charge in [-0.25, -0.2) is 0 Å². The molecular weight excluding hydrogens is 222 g/mol. The van der Waals surface area contributed by atoms with Crippen LogP contribution in [0.1, 0.15) is 25.3 Å². The minimum atomic E-state index is -0.0384. The van der Waals surface area contributed by atoms with E-state index in [4.69, 9.17) is 0 Å². The second-order valence-electron chi connectivity index (χ2n) is 5.53. The largest absolute Gasteiger partial charge is 0.314 e. The topological polar surface area (TPSA) is 39.1 Å². The Morgan fingerprint density at radius 1 is 1.39 bits per heavy atom. The molecule has 1 heterocycles. The molecule has 1 aliphatic rings. The Bertz CT molecular complexity index is 419. The summed E-state index contributed by atoms with van der Waals surface area (Å²) in [6.07, 6.45) is 0. The van der Waals surface area contributed by atoms with Crippen LogP contribution in [0.2, 0.25) is 0 Å². The fourth-order valence-corrected chi connectivity index (χ4v) is 2.49. The lowest BCUT2D eigenvalue weighted by Gasteiger charge is -2.43. The molecule has 1 aromatic rings. The van der Waals surface area contributed by atoms with Gasteiger partial charge >= 0.3 is 0 Å². The van der Waals surface area contributed by atoms with E-state index in [2.05, 4.69) is 30.1 Å². The van der Waals surface area contributed by atoms with E-state index in [9.17, 15) is 5.26 Å². The van der Waals surface area contributed by atoms with Crippen LogP contribution in [0, 0.1) is 11.3 Å². The number of hydrogen-bond acceptors (Lipinski definition) is 3. The maximum atomic E-state index is 9.39. The highest BCUT2D eigenvalue weighted by atomic mass is 15.2. The third-order valence-corrected chi connectivity index (χ3v) is 3.73. The molecule has 0 aromatic heterocycles. The highest BCUT2D eigenvalue weighted by Crippen LogP contribution is 2.22. The zero-order valence-corrected chi connectivity index (χ0v) is 11.2. The smallest absolute Gasteiger partial charge is 0.0839 e. The van der Waals surface area contributed by atoms with Crippen molar-refractivity contribution >= 4 is 0 Å². The quantitative estimate of drug-likeness (QED) is 0.882. The third kappa shape index (κ3) is 2.90. The van der Waals surface area contributed by atoms with E-state index in [1.807, 2.05) is 30.3 Å². The first-order valence-corrected chi connectivity index (χ1v) is 6.54. The standard InChI is InChI=1S/C15H21N3/c1-15(2)12-17-8-9-18(15)11-14(10-16)13-6-4-3-5-7-13/h3-7,14,17H,8-9,11-12H2,1-2H3. The number of benzene rings is 1. The highest BCUT2D eigenvalue weighted by Gasteiger charge is 2.31. The Balaban J connectivity index is 2.09. The summed E-state index contributed by atoms with van der Waals surface area (Å²) < 4.78 is 0. The van der Waals surface area contributed by atoms with Crippen molar-refractivity contribution in [3.05, 3.63) is 35.9 Å². The van der Waals surface area contributed by atoms with Crippen LogP contribution in [0.15, 0.2) is 30.3 Å². The highest BCUT2D eigenvalue weighted by molar-refractivity contribution is 5.25. The number of nitrogens with one attached hydrogen (secondary N) is 1. The van der Waals surface area contributed by atoms with Crippen molar-refractivity contribution in [3.63, 3.8) is 0 Å². The van der Waals surface area contributed by atoms with E-state index in [0.717, 1.165) is 31.7 Å². The van der Waals surface area contributed by atoms with Crippen LogP contribution in [-0.2, 0) is 0 Å². The number of nitrogens with zero attached hydrogens (tertiary/aromatic N) is 2. The number of nitriles is 1. The van der Waals surface area contributed by atoms with Gasteiger partial charge in [-0.2, -0.15) is 5.26 Å². The van der Waals surface area contributed by atoms with Crippen LogP contribution in [0.3, 0.4) is 0 Å². The molecule has 1 atom stereocenters. The summed E-state index contributed by atoms with van der Waals surface area (Å²) in [4.78, 5) is 2.42. The minimum absolute atomic E-state index is 0.0384. The van der Waals surface area contributed by atoms with Gasteiger partial charge in [0.2, 0.25) is 0 Å². The molecule has 1 N–H and O–H groups in total. The Morgan fingerprint density at radius 2 is 2.11 bits per heavy atom. The van der Waals surface area contributed by atoms with Gasteiger partial charge in [-0.1, -0.05) is 30.3 Å². The Morgan fingerprint density at radius 3 is 2.72 bits per heavy atom. The molecule has 96 valence electrons. The van der Waals surface area contributed by atoms with Crippen molar-refractivity contribution in [1.82, 2.24) is 10.2 Å². The average molecular weight is 243 g/mol. The molecule has 0 spiro atoms. The zero-order valence-electron chi connectivity index (χ0n) is 11.2. The SMILES string of the molecule is CC1(C)CNCCN1CC(C#N)c1ccccc1. The first kappa shape index (κ1) is 13.1. The summed E-state index contributed by atoms with van der Waals surface area (Å²) in [5.41, 5.74) is 1.25. The van der Waals surface area contributed by atoms with Gasteiger partial charge in [-0.15, -0.1) is 0 Å². The van der Waals surface area contributed by atoms with Crippen LogP contribution >= 0.6 is 0 Å². The second-order valence-corrected chi connectivity index (χ2v) is 5.53. The van der Waals surface area contributed by atoms with Gasteiger partial charge in [0.25, 0.3) is 0 Å². The maximum Gasteiger partial charge on any atom is 0.0839 e. The molecule has 1 aromatic carbocycles. The summed E-state index contributed by atoms with van der Waals surface area (Å²) in [5, 5.41) is 12.8. The first-order valence-electron chi connectivity index (χ1n) is 6.54. The monoisotopic (exact) mass is 243 g/mol. The predicted molar refractivity (Wildman–Crippen MR) is 73.3 cm³/mol. The van der Waals surface area contributed by atoms with Crippen LogP contribution in [-0.4, -0.2) is 36.6 Å². The third-order valence-electron chi connectivity index (χ3n) is 3.73. The van der Waals surface area contributed by atoms with Gasteiger partial charge in [0.05, 0.1) is 12.0 Å². The van der Waals surface area contributed by atoms with Crippen molar-refractivity contribution in [2.24, 2.45) is 0 Å². The van der Waals surface area contributed by atoms with Crippen molar-refractivity contribution in [3.8, 4) is 6.07 Å². The molecule has 3 nitrogen and oxygen atoms in total. The van der Waals surface area contributed by atoms with Crippen molar-refractivity contribution in [2.45, 2.75) is 25.3 Å². The van der Waals surface area contributed by atoms with Gasteiger partial charge < -0.3 is 5.32 Å². The molecule has 3 heteroatoms. The first-order chi connectivity index (χ1) is 8.63. The number of piperazine rings is 1. The van der Waals surface area contributed by atoms with E-state index >= 15 is 0 Å². The molecule has 0 aliphatic carbocycles. The predicted octanol–water partition coefficient (Wildman–Crippen LogP) is 1.98. The Kier molecular flexibility index (Phi) is 4.00. The Hall–Kier alpha value is -1.37. The summed E-state index contributed by atoms with van der Waals surface area (Å²) in [7, 11) is 0. The van der Waals surface area contributed by atoms with Crippen molar-refractivity contribution in [2.75, 3.05) is 26.2 Å². The molecule has 1 fully saturated rings. The fourth-order valence-electron chi connectivity index (χ4n) is 2.49. The molecule has 18 heavy (non-hydrogen) atoms. The normalized spacial score (nSPS) is 21.2. The summed E-state index contributed by atoms with van der Waals surface area (Å²) in [5.74, 6) is -0.0384. The van der Waals surface area contributed by atoms with E-state index in [0.29, 0.717) is 0 Å². The number of rotatable bonds is 3. The van der Waals surface area contributed by atoms with Gasteiger partial charge in [-0.05, 0) is 19.4 Å². The molecule has 0 bridgehead atoms.